The first-order chi connectivity index (χ1) is 6.81. The Kier molecular flexibility index (Phi) is 2.70. The summed E-state index contributed by atoms with van der Waals surface area (Å²) in [5, 5.41) is 21.7. The second-order valence-corrected chi connectivity index (χ2v) is 3.66. The van der Waals surface area contributed by atoms with Gasteiger partial charge < -0.3 is 15.5 Å². The minimum Gasteiger partial charge on any atom is -0.508 e. The lowest BCUT2D eigenvalue weighted by atomic mass is 9.95. The Labute approximate surface area is 83.4 Å². The summed E-state index contributed by atoms with van der Waals surface area (Å²) in [5.41, 5.74) is 2.04. The van der Waals surface area contributed by atoms with Gasteiger partial charge in [0.15, 0.2) is 0 Å². The number of hydrogen-bond acceptors (Lipinski definition) is 3. The summed E-state index contributed by atoms with van der Waals surface area (Å²) in [4.78, 5) is 0. The van der Waals surface area contributed by atoms with Gasteiger partial charge >= 0.3 is 0 Å². The average Bonchev–Trinajstić information content (AvgIpc) is 2.08. The molecular formula is C11H15NO2. The number of benzene rings is 1. The van der Waals surface area contributed by atoms with Crippen molar-refractivity contribution in [3.63, 3.8) is 0 Å². The molecule has 1 saturated heterocycles. The number of rotatable bonds is 3. The van der Waals surface area contributed by atoms with E-state index in [0.29, 0.717) is 18.2 Å². The summed E-state index contributed by atoms with van der Waals surface area (Å²) >= 11 is 0. The Morgan fingerprint density at radius 2 is 2.21 bits per heavy atom. The summed E-state index contributed by atoms with van der Waals surface area (Å²) in [6, 6.07) is 5.84. The number of hydrogen-bond donors (Lipinski definition) is 3. The van der Waals surface area contributed by atoms with Crippen LogP contribution in [0.1, 0.15) is 23.6 Å². The van der Waals surface area contributed by atoms with Gasteiger partial charge in [0.25, 0.3) is 0 Å². The van der Waals surface area contributed by atoms with E-state index in [1.807, 2.05) is 12.1 Å². The molecule has 1 fully saturated rings. The van der Waals surface area contributed by atoms with E-state index in [1.54, 1.807) is 6.07 Å². The molecule has 1 aromatic rings. The predicted molar refractivity (Wildman–Crippen MR) is 54.3 cm³/mol. The minimum absolute atomic E-state index is 0.155. The van der Waals surface area contributed by atoms with Gasteiger partial charge in [0.1, 0.15) is 5.75 Å². The number of nitrogens with one attached hydrogen (secondary N) is 1. The lowest BCUT2D eigenvalue weighted by Crippen LogP contribution is -2.35. The molecule has 0 bridgehead atoms. The summed E-state index contributed by atoms with van der Waals surface area (Å²) < 4.78 is 0. The Bertz CT molecular complexity index is 321. The summed E-state index contributed by atoms with van der Waals surface area (Å²) in [6.07, 6.45) is 1.73. The first-order valence-electron chi connectivity index (χ1n) is 4.97. The van der Waals surface area contributed by atoms with Crippen LogP contribution in [0.25, 0.3) is 0 Å². The number of aliphatic hydroxyl groups is 1. The molecule has 0 aromatic heterocycles. The van der Waals surface area contributed by atoms with Crippen molar-refractivity contribution in [2.75, 3.05) is 13.2 Å². The fourth-order valence-corrected chi connectivity index (χ4v) is 1.72. The van der Waals surface area contributed by atoms with Crippen LogP contribution < -0.4 is 5.32 Å². The molecule has 0 saturated carbocycles. The van der Waals surface area contributed by atoms with E-state index in [9.17, 15) is 5.11 Å². The van der Waals surface area contributed by atoms with Crippen LogP contribution in [-0.4, -0.2) is 23.4 Å². The van der Waals surface area contributed by atoms with Gasteiger partial charge in [-0.25, -0.2) is 0 Å². The fraction of sp³-hybridized carbons (Fsp3) is 0.455. The second kappa shape index (κ2) is 3.98. The van der Waals surface area contributed by atoms with Crippen molar-refractivity contribution >= 4 is 0 Å². The number of phenolic OH excluding ortho intramolecular Hbond substituents is 1. The van der Waals surface area contributed by atoms with E-state index in [4.69, 9.17) is 5.11 Å². The fourth-order valence-electron chi connectivity index (χ4n) is 1.72. The maximum absolute atomic E-state index is 9.64. The third-order valence-corrected chi connectivity index (χ3v) is 2.69. The maximum atomic E-state index is 9.64. The third-order valence-electron chi connectivity index (χ3n) is 2.69. The van der Waals surface area contributed by atoms with Crippen LogP contribution in [0, 0.1) is 0 Å². The molecule has 1 aliphatic heterocycles. The molecule has 2 rings (SSSR count). The van der Waals surface area contributed by atoms with E-state index >= 15 is 0 Å². The second-order valence-electron chi connectivity index (χ2n) is 3.66. The summed E-state index contributed by atoms with van der Waals surface area (Å²) in [5.74, 6) is 0.351. The molecule has 1 aromatic carbocycles. The predicted octanol–water partition coefficient (Wildman–Crippen LogP) is 0.961. The molecule has 3 heteroatoms. The molecule has 0 radical (unpaired) electrons. The zero-order valence-electron chi connectivity index (χ0n) is 8.03. The molecule has 1 heterocycles. The highest BCUT2D eigenvalue weighted by Gasteiger charge is 2.21. The van der Waals surface area contributed by atoms with Crippen LogP contribution in [0.5, 0.6) is 5.75 Å². The Balaban J connectivity index is 2.22. The van der Waals surface area contributed by atoms with Gasteiger partial charge in [0.05, 0.1) is 0 Å². The van der Waals surface area contributed by atoms with Crippen LogP contribution in [0.15, 0.2) is 18.2 Å². The van der Waals surface area contributed by atoms with Gasteiger partial charge in [-0.15, -0.1) is 0 Å². The number of aliphatic hydroxyl groups excluding tert-OH is 1. The van der Waals surface area contributed by atoms with Crippen molar-refractivity contribution in [2.45, 2.75) is 18.9 Å². The van der Waals surface area contributed by atoms with Crippen LogP contribution in [0.2, 0.25) is 0 Å². The van der Waals surface area contributed by atoms with Gasteiger partial charge in [-0.05, 0) is 31.0 Å². The molecule has 0 spiro atoms. The van der Waals surface area contributed by atoms with E-state index in [1.165, 1.54) is 0 Å². The SMILES string of the molecule is OCCc1ccc(O)c([C@H]2CCN2)c1. The van der Waals surface area contributed by atoms with Crippen molar-refractivity contribution in [2.24, 2.45) is 0 Å². The molecule has 3 N–H and O–H groups in total. The highest BCUT2D eigenvalue weighted by Crippen LogP contribution is 2.30. The first-order valence-corrected chi connectivity index (χ1v) is 4.97. The molecule has 1 aliphatic rings. The van der Waals surface area contributed by atoms with Crippen molar-refractivity contribution in [3.05, 3.63) is 29.3 Å². The van der Waals surface area contributed by atoms with E-state index in [0.717, 1.165) is 24.1 Å². The monoisotopic (exact) mass is 193 g/mol. The Morgan fingerprint density at radius 3 is 2.79 bits per heavy atom. The molecule has 0 aliphatic carbocycles. The highest BCUT2D eigenvalue weighted by atomic mass is 16.3. The third kappa shape index (κ3) is 1.74. The quantitative estimate of drug-likeness (QED) is 0.670. The van der Waals surface area contributed by atoms with Crippen LogP contribution >= 0.6 is 0 Å². The van der Waals surface area contributed by atoms with Gasteiger partial charge in [0.2, 0.25) is 0 Å². The van der Waals surface area contributed by atoms with Gasteiger partial charge in [-0.3, -0.25) is 0 Å². The van der Waals surface area contributed by atoms with Crippen molar-refractivity contribution < 1.29 is 10.2 Å². The number of aromatic hydroxyl groups is 1. The summed E-state index contributed by atoms with van der Waals surface area (Å²) in [7, 11) is 0. The molecule has 76 valence electrons. The molecule has 1 atom stereocenters. The van der Waals surface area contributed by atoms with Crippen molar-refractivity contribution in [1.29, 1.82) is 0 Å². The zero-order valence-corrected chi connectivity index (χ0v) is 8.03. The number of phenols is 1. The lowest BCUT2D eigenvalue weighted by molar-refractivity contribution is 0.299. The standard InChI is InChI=1S/C11H15NO2/c13-6-4-8-1-2-11(14)9(7-8)10-3-5-12-10/h1-2,7,10,12-14H,3-6H2/t10-/m1/s1. The van der Waals surface area contributed by atoms with Crippen LogP contribution in [0.4, 0.5) is 0 Å². The average molecular weight is 193 g/mol. The summed E-state index contributed by atoms with van der Waals surface area (Å²) in [6.45, 7) is 1.18. The van der Waals surface area contributed by atoms with E-state index < -0.39 is 0 Å². The smallest absolute Gasteiger partial charge is 0.120 e. The van der Waals surface area contributed by atoms with Crippen molar-refractivity contribution in [3.8, 4) is 5.75 Å². The zero-order chi connectivity index (χ0) is 9.97. The van der Waals surface area contributed by atoms with Crippen LogP contribution in [0.3, 0.4) is 0 Å². The largest absolute Gasteiger partial charge is 0.508 e. The molecule has 0 unspecified atom stereocenters. The van der Waals surface area contributed by atoms with E-state index in [2.05, 4.69) is 5.32 Å². The van der Waals surface area contributed by atoms with E-state index in [-0.39, 0.29) is 6.61 Å². The van der Waals surface area contributed by atoms with Crippen molar-refractivity contribution in [1.82, 2.24) is 5.32 Å². The van der Waals surface area contributed by atoms with Gasteiger partial charge in [0, 0.05) is 18.2 Å². The topological polar surface area (TPSA) is 52.5 Å². The highest BCUT2D eigenvalue weighted by molar-refractivity contribution is 5.39. The minimum atomic E-state index is 0.155. The molecule has 14 heavy (non-hydrogen) atoms. The first kappa shape index (κ1) is 9.49. The Hall–Kier alpha value is -1.06. The van der Waals surface area contributed by atoms with Gasteiger partial charge in [-0.1, -0.05) is 12.1 Å². The Morgan fingerprint density at radius 1 is 1.43 bits per heavy atom. The van der Waals surface area contributed by atoms with Gasteiger partial charge in [-0.2, -0.15) is 0 Å². The maximum Gasteiger partial charge on any atom is 0.120 e. The molecule has 3 nitrogen and oxygen atoms in total. The van der Waals surface area contributed by atoms with Crippen LogP contribution in [-0.2, 0) is 6.42 Å². The molecule has 0 amide bonds. The lowest BCUT2D eigenvalue weighted by Gasteiger charge is -2.28. The normalized spacial score (nSPS) is 20.5. The molecular weight excluding hydrogens is 178 g/mol.